The Morgan fingerprint density at radius 1 is 0.968 bits per heavy atom. The second-order valence-corrected chi connectivity index (χ2v) is 8.02. The monoisotopic (exact) mass is 426 g/mol. The van der Waals surface area contributed by atoms with E-state index in [0.717, 1.165) is 28.1 Å². The van der Waals surface area contributed by atoms with E-state index in [2.05, 4.69) is 0 Å². The lowest BCUT2D eigenvalue weighted by Gasteiger charge is -2.04. The molecule has 1 N–H and O–H groups in total. The highest BCUT2D eigenvalue weighted by molar-refractivity contribution is 7.15. The Morgan fingerprint density at radius 3 is 2.32 bits per heavy atom. The molecule has 5 rings (SSSR count). The highest BCUT2D eigenvalue weighted by Gasteiger charge is 2.19. The molecule has 2 heterocycles. The van der Waals surface area contributed by atoms with Crippen LogP contribution in [-0.4, -0.2) is 21.6 Å². The van der Waals surface area contributed by atoms with Crippen LogP contribution in [0.4, 0.5) is 0 Å². The molecule has 0 atom stereocenters. The van der Waals surface area contributed by atoms with Crippen LogP contribution in [0.25, 0.3) is 33.6 Å². The second kappa shape index (κ2) is 7.74. The quantitative estimate of drug-likeness (QED) is 0.464. The largest absolute Gasteiger partial charge is 0.504 e. The van der Waals surface area contributed by atoms with Crippen LogP contribution in [0.2, 0.25) is 0 Å². The fourth-order valence-electron chi connectivity index (χ4n) is 3.59. The van der Waals surface area contributed by atoms with Gasteiger partial charge in [0.15, 0.2) is 16.5 Å². The molecular formula is C25H18N2O3S. The first-order valence-electron chi connectivity index (χ1n) is 9.70. The van der Waals surface area contributed by atoms with E-state index in [1.54, 1.807) is 28.7 Å². The van der Waals surface area contributed by atoms with Crippen LogP contribution in [0.5, 0.6) is 11.5 Å². The van der Waals surface area contributed by atoms with E-state index < -0.39 is 0 Å². The predicted octanol–water partition coefficient (Wildman–Crippen LogP) is 4.35. The summed E-state index contributed by atoms with van der Waals surface area (Å²) >= 11 is 1.34. The van der Waals surface area contributed by atoms with E-state index in [0.29, 0.717) is 15.2 Å². The van der Waals surface area contributed by atoms with Crippen molar-refractivity contribution in [3.63, 3.8) is 0 Å². The maximum absolute atomic E-state index is 13.4. The number of benzene rings is 3. The highest BCUT2D eigenvalue weighted by Crippen LogP contribution is 2.32. The number of nitrogens with zero attached hydrogens (tertiary/aromatic N) is 2. The first-order chi connectivity index (χ1) is 15.2. The zero-order valence-electron chi connectivity index (χ0n) is 16.6. The first kappa shape index (κ1) is 19.1. The van der Waals surface area contributed by atoms with Gasteiger partial charge in [-0.2, -0.15) is 0 Å². The molecule has 5 nitrogen and oxygen atoms in total. The molecule has 152 valence electrons. The lowest BCUT2D eigenvalue weighted by Crippen LogP contribution is -2.23. The van der Waals surface area contributed by atoms with E-state index >= 15 is 0 Å². The molecule has 0 bridgehead atoms. The van der Waals surface area contributed by atoms with Crippen LogP contribution in [0.15, 0.2) is 83.7 Å². The molecule has 0 amide bonds. The maximum atomic E-state index is 13.4. The summed E-state index contributed by atoms with van der Waals surface area (Å²) in [7, 11) is 1.49. The number of aromatic nitrogens is 2. The molecule has 0 saturated carbocycles. The average molecular weight is 426 g/mol. The summed E-state index contributed by atoms with van der Waals surface area (Å²) in [6.45, 7) is 0. The van der Waals surface area contributed by atoms with Crippen molar-refractivity contribution in [2.45, 2.75) is 0 Å². The number of imidazole rings is 1. The minimum absolute atomic E-state index is 0.0573. The summed E-state index contributed by atoms with van der Waals surface area (Å²) in [4.78, 5) is 18.9. The Labute approximate surface area is 182 Å². The maximum Gasteiger partial charge on any atom is 0.274 e. The van der Waals surface area contributed by atoms with Gasteiger partial charge in [-0.05, 0) is 23.8 Å². The molecular weight excluding hydrogens is 408 g/mol. The minimum Gasteiger partial charge on any atom is -0.504 e. The molecule has 0 radical (unpaired) electrons. The second-order valence-electron chi connectivity index (χ2n) is 7.01. The van der Waals surface area contributed by atoms with E-state index in [4.69, 9.17) is 9.72 Å². The number of aromatic hydroxyl groups is 1. The Hall–Kier alpha value is -3.90. The summed E-state index contributed by atoms with van der Waals surface area (Å²) in [5.74, 6) is 0.417. The van der Waals surface area contributed by atoms with Gasteiger partial charge in [-0.1, -0.05) is 78.1 Å². The fourth-order valence-corrected chi connectivity index (χ4v) is 4.57. The molecule has 2 aromatic heterocycles. The molecule has 31 heavy (non-hydrogen) atoms. The van der Waals surface area contributed by atoms with Crippen molar-refractivity contribution in [1.82, 2.24) is 9.38 Å². The van der Waals surface area contributed by atoms with Crippen molar-refractivity contribution >= 4 is 22.4 Å². The molecule has 0 unspecified atom stereocenters. The molecule has 0 aliphatic carbocycles. The summed E-state index contributed by atoms with van der Waals surface area (Å²) in [6, 6.07) is 24.7. The van der Waals surface area contributed by atoms with Gasteiger partial charge in [0.25, 0.3) is 5.56 Å². The van der Waals surface area contributed by atoms with Gasteiger partial charge in [0.05, 0.1) is 23.0 Å². The number of hydrogen-bond donors (Lipinski definition) is 1. The van der Waals surface area contributed by atoms with Gasteiger partial charge in [-0.25, -0.2) is 9.38 Å². The standard InChI is InChI=1S/C25H18N2O3S/c1-30-20-14-16(12-13-19(20)28)15-21-24(29)27-23(18-10-6-3-7-11-18)22(26-25(27)31-21)17-8-4-2-5-9-17/h2-15,28H,1H3/b21-15+. The molecule has 3 aromatic carbocycles. The summed E-state index contributed by atoms with van der Waals surface area (Å²) < 4.78 is 7.43. The number of rotatable bonds is 4. The zero-order chi connectivity index (χ0) is 21.4. The molecule has 0 aliphatic heterocycles. The van der Waals surface area contributed by atoms with Crippen molar-refractivity contribution in [1.29, 1.82) is 0 Å². The third-order valence-electron chi connectivity index (χ3n) is 5.06. The lowest BCUT2D eigenvalue weighted by atomic mass is 10.1. The van der Waals surface area contributed by atoms with Crippen LogP contribution in [0, 0.1) is 0 Å². The van der Waals surface area contributed by atoms with Gasteiger partial charge in [-0.3, -0.25) is 4.79 Å². The molecule has 6 heteroatoms. The Bertz CT molecular complexity index is 1490. The lowest BCUT2D eigenvalue weighted by molar-refractivity contribution is 0.373. The Kier molecular flexibility index (Phi) is 4.76. The number of phenols is 1. The topological polar surface area (TPSA) is 63.8 Å². The Morgan fingerprint density at radius 2 is 1.65 bits per heavy atom. The predicted molar refractivity (Wildman–Crippen MR) is 124 cm³/mol. The number of fused-ring (bicyclic) bond motifs is 1. The van der Waals surface area contributed by atoms with E-state index in [9.17, 15) is 9.90 Å². The third-order valence-corrected chi connectivity index (χ3v) is 6.03. The van der Waals surface area contributed by atoms with E-state index in [1.165, 1.54) is 18.4 Å². The van der Waals surface area contributed by atoms with E-state index in [-0.39, 0.29) is 11.3 Å². The SMILES string of the molecule is COc1cc(/C=c2/sc3nc(-c4ccccc4)c(-c4ccccc4)n3c2=O)ccc1O. The summed E-state index contributed by atoms with van der Waals surface area (Å²) in [5, 5.41) is 9.83. The molecule has 5 aromatic rings. The number of methoxy groups -OCH3 is 1. The smallest absolute Gasteiger partial charge is 0.274 e. The van der Waals surface area contributed by atoms with Crippen molar-refractivity contribution in [2.75, 3.05) is 7.11 Å². The van der Waals surface area contributed by atoms with Crippen molar-refractivity contribution in [3.8, 4) is 34.0 Å². The van der Waals surface area contributed by atoms with Gasteiger partial charge in [-0.15, -0.1) is 0 Å². The van der Waals surface area contributed by atoms with Crippen LogP contribution < -0.4 is 14.8 Å². The molecule has 0 fully saturated rings. The molecule has 0 spiro atoms. The van der Waals surface area contributed by atoms with Crippen molar-refractivity contribution < 1.29 is 9.84 Å². The van der Waals surface area contributed by atoms with Crippen LogP contribution in [0.1, 0.15) is 5.56 Å². The summed E-state index contributed by atoms with van der Waals surface area (Å²) in [6.07, 6.45) is 1.79. The van der Waals surface area contributed by atoms with Crippen LogP contribution >= 0.6 is 11.3 Å². The summed E-state index contributed by atoms with van der Waals surface area (Å²) in [5.41, 5.74) is 4.10. The van der Waals surface area contributed by atoms with Crippen molar-refractivity contribution in [2.24, 2.45) is 0 Å². The normalized spacial score (nSPS) is 11.8. The Balaban J connectivity index is 1.76. The highest BCUT2D eigenvalue weighted by atomic mass is 32.1. The van der Waals surface area contributed by atoms with Crippen molar-refractivity contribution in [3.05, 3.63) is 99.3 Å². The van der Waals surface area contributed by atoms with Gasteiger partial charge in [0.1, 0.15) is 0 Å². The number of ether oxygens (including phenoxy) is 1. The zero-order valence-corrected chi connectivity index (χ0v) is 17.5. The van der Waals surface area contributed by atoms with E-state index in [1.807, 2.05) is 60.7 Å². The third kappa shape index (κ3) is 3.37. The van der Waals surface area contributed by atoms with Gasteiger partial charge in [0, 0.05) is 11.1 Å². The number of thiazole rings is 1. The fraction of sp³-hybridized carbons (Fsp3) is 0.0400. The minimum atomic E-state index is -0.124. The van der Waals surface area contributed by atoms with Crippen LogP contribution in [-0.2, 0) is 0 Å². The van der Waals surface area contributed by atoms with Crippen LogP contribution in [0.3, 0.4) is 0 Å². The van der Waals surface area contributed by atoms with Gasteiger partial charge >= 0.3 is 0 Å². The average Bonchev–Trinajstić information content (AvgIpc) is 3.33. The first-order valence-corrected chi connectivity index (χ1v) is 10.5. The number of hydrogen-bond acceptors (Lipinski definition) is 5. The van der Waals surface area contributed by atoms with Gasteiger partial charge in [0.2, 0.25) is 0 Å². The van der Waals surface area contributed by atoms with Gasteiger partial charge < -0.3 is 9.84 Å². The number of phenolic OH excluding ortho intramolecular Hbond substituents is 1. The molecule has 0 saturated heterocycles. The molecule has 0 aliphatic rings.